The zero-order chi connectivity index (χ0) is 19.9. The standard InChI is InChI=1S/C19H16Cl2N2O4S/c1-25-14-5-3-13(4-6-14)19-22-17(23-27-19)9-26-18(24)11-28-10-12-2-7-15(20)16(21)8-12/h2-8H,9-11H2,1H3. The average molecular weight is 439 g/mol. The van der Waals surface area contributed by atoms with Crippen LogP contribution in [0.15, 0.2) is 47.0 Å². The molecule has 146 valence electrons. The first kappa shape index (κ1) is 20.5. The summed E-state index contributed by atoms with van der Waals surface area (Å²) < 4.78 is 15.5. The second-order valence-corrected chi connectivity index (χ2v) is 7.45. The Morgan fingerprint density at radius 2 is 1.93 bits per heavy atom. The van der Waals surface area contributed by atoms with Crippen LogP contribution in [-0.4, -0.2) is 29.0 Å². The number of methoxy groups -OCH3 is 1. The van der Waals surface area contributed by atoms with Crippen LogP contribution in [0.2, 0.25) is 10.0 Å². The maximum Gasteiger partial charge on any atom is 0.316 e. The maximum absolute atomic E-state index is 11.9. The molecule has 0 radical (unpaired) electrons. The van der Waals surface area contributed by atoms with Crippen molar-refractivity contribution < 1.29 is 18.8 Å². The highest BCUT2D eigenvalue weighted by Gasteiger charge is 2.11. The lowest BCUT2D eigenvalue weighted by Crippen LogP contribution is -2.08. The minimum absolute atomic E-state index is 0.0498. The van der Waals surface area contributed by atoms with E-state index in [0.29, 0.717) is 27.5 Å². The van der Waals surface area contributed by atoms with E-state index in [9.17, 15) is 4.79 Å². The number of hydrogen-bond acceptors (Lipinski definition) is 7. The van der Waals surface area contributed by atoms with Gasteiger partial charge in [-0.2, -0.15) is 4.98 Å². The van der Waals surface area contributed by atoms with Crippen LogP contribution in [0.5, 0.6) is 5.75 Å². The largest absolute Gasteiger partial charge is 0.497 e. The molecule has 6 nitrogen and oxygen atoms in total. The first-order chi connectivity index (χ1) is 13.5. The molecule has 0 unspecified atom stereocenters. The molecule has 3 rings (SSSR count). The van der Waals surface area contributed by atoms with Crippen LogP contribution in [-0.2, 0) is 21.9 Å². The first-order valence-electron chi connectivity index (χ1n) is 8.19. The number of benzene rings is 2. The third-order valence-electron chi connectivity index (χ3n) is 3.64. The molecule has 0 fully saturated rings. The summed E-state index contributed by atoms with van der Waals surface area (Å²) in [6.07, 6.45) is 0. The Balaban J connectivity index is 1.44. The highest BCUT2D eigenvalue weighted by atomic mass is 35.5. The van der Waals surface area contributed by atoms with Crippen LogP contribution in [0, 0.1) is 0 Å². The summed E-state index contributed by atoms with van der Waals surface area (Å²) in [7, 11) is 1.59. The van der Waals surface area contributed by atoms with Crippen molar-refractivity contribution in [3.05, 3.63) is 63.9 Å². The van der Waals surface area contributed by atoms with E-state index in [1.807, 2.05) is 18.2 Å². The second kappa shape index (κ2) is 9.82. The summed E-state index contributed by atoms with van der Waals surface area (Å²) in [5.41, 5.74) is 1.73. The number of esters is 1. The van der Waals surface area contributed by atoms with Crippen molar-refractivity contribution in [2.75, 3.05) is 12.9 Å². The number of nitrogens with zero attached hydrogens (tertiary/aromatic N) is 2. The summed E-state index contributed by atoms with van der Waals surface area (Å²) in [6.45, 7) is -0.0498. The quantitative estimate of drug-likeness (QED) is 0.456. The summed E-state index contributed by atoms with van der Waals surface area (Å²) in [4.78, 5) is 16.1. The van der Waals surface area contributed by atoms with Gasteiger partial charge in [0.15, 0.2) is 6.61 Å². The predicted molar refractivity (Wildman–Crippen MR) is 109 cm³/mol. The molecule has 9 heteroatoms. The van der Waals surface area contributed by atoms with Gasteiger partial charge in [0.05, 0.1) is 22.9 Å². The number of rotatable bonds is 8. The van der Waals surface area contributed by atoms with Crippen molar-refractivity contribution in [3.63, 3.8) is 0 Å². The van der Waals surface area contributed by atoms with Crippen molar-refractivity contribution in [2.24, 2.45) is 0 Å². The number of aromatic nitrogens is 2. The van der Waals surface area contributed by atoms with E-state index in [0.717, 1.165) is 16.9 Å². The lowest BCUT2D eigenvalue weighted by molar-refractivity contribution is -0.141. The van der Waals surface area contributed by atoms with Gasteiger partial charge in [0, 0.05) is 11.3 Å². The van der Waals surface area contributed by atoms with Crippen molar-refractivity contribution in [2.45, 2.75) is 12.4 Å². The van der Waals surface area contributed by atoms with E-state index in [1.165, 1.54) is 11.8 Å². The normalized spacial score (nSPS) is 10.7. The van der Waals surface area contributed by atoms with Crippen molar-refractivity contribution in [1.82, 2.24) is 10.1 Å². The molecule has 0 atom stereocenters. The van der Waals surface area contributed by atoms with E-state index >= 15 is 0 Å². The van der Waals surface area contributed by atoms with Gasteiger partial charge < -0.3 is 14.0 Å². The first-order valence-corrected chi connectivity index (χ1v) is 10.1. The summed E-state index contributed by atoms with van der Waals surface area (Å²) >= 11 is 13.3. The van der Waals surface area contributed by atoms with E-state index in [1.54, 1.807) is 31.4 Å². The Bertz CT molecular complexity index is 947. The fourth-order valence-electron chi connectivity index (χ4n) is 2.23. The highest BCUT2D eigenvalue weighted by Crippen LogP contribution is 2.25. The van der Waals surface area contributed by atoms with Gasteiger partial charge in [-0.15, -0.1) is 11.8 Å². The van der Waals surface area contributed by atoms with Gasteiger partial charge in [-0.25, -0.2) is 0 Å². The van der Waals surface area contributed by atoms with Crippen molar-refractivity contribution in [3.8, 4) is 17.2 Å². The smallest absolute Gasteiger partial charge is 0.316 e. The molecule has 1 aromatic heterocycles. The zero-order valence-corrected chi connectivity index (χ0v) is 17.2. The molecule has 2 aromatic carbocycles. The molecule has 0 N–H and O–H groups in total. The third-order valence-corrected chi connectivity index (χ3v) is 5.36. The van der Waals surface area contributed by atoms with Gasteiger partial charge in [-0.05, 0) is 42.0 Å². The van der Waals surface area contributed by atoms with Crippen LogP contribution >= 0.6 is 35.0 Å². The molecule has 0 saturated heterocycles. The molecule has 0 aliphatic carbocycles. The molecule has 0 spiro atoms. The number of ether oxygens (including phenoxy) is 2. The van der Waals surface area contributed by atoms with E-state index < -0.39 is 0 Å². The number of thioether (sulfide) groups is 1. The van der Waals surface area contributed by atoms with E-state index in [4.69, 9.17) is 37.2 Å². The summed E-state index contributed by atoms with van der Waals surface area (Å²) in [5.74, 6) is 1.84. The second-order valence-electron chi connectivity index (χ2n) is 5.65. The Kier molecular flexibility index (Phi) is 7.19. The highest BCUT2D eigenvalue weighted by molar-refractivity contribution is 7.99. The predicted octanol–water partition coefficient (Wildman–Crippen LogP) is 5.03. The molecule has 0 aliphatic rings. The molecule has 0 saturated carbocycles. The third kappa shape index (κ3) is 5.64. The lowest BCUT2D eigenvalue weighted by Gasteiger charge is -2.04. The summed E-state index contributed by atoms with van der Waals surface area (Å²) in [6, 6.07) is 12.6. The van der Waals surface area contributed by atoms with Gasteiger partial charge >= 0.3 is 5.97 Å². The van der Waals surface area contributed by atoms with Gasteiger partial charge in [-0.3, -0.25) is 4.79 Å². The van der Waals surface area contributed by atoms with E-state index in [2.05, 4.69) is 10.1 Å². The Hall–Kier alpha value is -2.22. The number of carbonyl (C=O) groups excluding carboxylic acids is 1. The van der Waals surface area contributed by atoms with Crippen molar-refractivity contribution >= 4 is 40.9 Å². The van der Waals surface area contributed by atoms with Gasteiger partial charge in [-0.1, -0.05) is 34.4 Å². The Morgan fingerprint density at radius 1 is 1.14 bits per heavy atom. The SMILES string of the molecule is COc1ccc(-c2nc(COC(=O)CSCc3ccc(Cl)c(Cl)c3)no2)cc1. The Labute approximate surface area is 176 Å². The van der Waals surface area contributed by atoms with Crippen LogP contribution in [0.3, 0.4) is 0 Å². The maximum atomic E-state index is 11.9. The lowest BCUT2D eigenvalue weighted by atomic mass is 10.2. The molecule has 28 heavy (non-hydrogen) atoms. The molecule has 0 amide bonds. The molecule has 1 heterocycles. The molecule has 3 aromatic rings. The monoisotopic (exact) mass is 438 g/mol. The van der Waals surface area contributed by atoms with Crippen LogP contribution in [0.1, 0.15) is 11.4 Å². The van der Waals surface area contributed by atoms with Crippen LogP contribution in [0.4, 0.5) is 0 Å². The van der Waals surface area contributed by atoms with Crippen LogP contribution < -0.4 is 4.74 Å². The molecule has 0 bridgehead atoms. The van der Waals surface area contributed by atoms with E-state index in [-0.39, 0.29) is 18.3 Å². The topological polar surface area (TPSA) is 74.5 Å². The van der Waals surface area contributed by atoms with Gasteiger partial charge in [0.25, 0.3) is 5.89 Å². The minimum atomic E-state index is -0.360. The minimum Gasteiger partial charge on any atom is -0.497 e. The van der Waals surface area contributed by atoms with Crippen LogP contribution in [0.25, 0.3) is 11.5 Å². The average Bonchev–Trinajstić information content (AvgIpc) is 3.18. The fourth-order valence-corrected chi connectivity index (χ4v) is 3.32. The molecular weight excluding hydrogens is 423 g/mol. The fraction of sp³-hybridized carbons (Fsp3) is 0.211. The zero-order valence-electron chi connectivity index (χ0n) is 14.9. The molecule has 0 aliphatic heterocycles. The molecular formula is C19H16Cl2N2O4S. The number of carbonyl (C=O) groups is 1. The van der Waals surface area contributed by atoms with Gasteiger partial charge in [0.1, 0.15) is 5.75 Å². The van der Waals surface area contributed by atoms with Crippen molar-refractivity contribution in [1.29, 1.82) is 0 Å². The summed E-state index contributed by atoms with van der Waals surface area (Å²) in [5, 5.41) is 4.82. The van der Waals surface area contributed by atoms with Gasteiger partial charge in [0.2, 0.25) is 5.82 Å². The number of halogens is 2. The Morgan fingerprint density at radius 3 is 2.64 bits per heavy atom. The number of hydrogen-bond donors (Lipinski definition) is 0.